The van der Waals surface area contributed by atoms with E-state index < -0.39 is 0 Å². The second-order valence-electron chi connectivity index (χ2n) is 5.82. The topological polar surface area (TPSA) is 34.6 Å². The maximum absolute atomic E-state index is 6.20. The van der Waals surface area contributed by atoms with Gasteiger partial charge in [0.2, 0.25) is 0 Å². The van der Waals surface area contributed by atoms with Crippen molar-refractivity contribution in [1.29, 1.82) is 0 Å². The number of ether oxygens (including phenoxy) is 2. The van der Waals surface area contributed by atoms with Gasteiger partial charge in [-0.1, -0.05) is 6.07 Å². The molecule has 0 saturated carbocycles. The van der Waals surface area contributed by atoms with Gasteiger partial charge in [0.1, 0.15) is 0 Å². The number of pyridine rings is 1. The Morgan fingerprint density at radius 2 is 2.05 bits per heavy atom. The lowest BCUT2D eigenvalue weighted by atomic mass is 10.1. The van der Waals surface area contributed by atoms with E-state index in [1.165, 1.54) is 5.56 Å². The van der Waals surface area contributed by atoms with Crippen LogP contribution in [0.4, 0.5) is 0 Å². The molecule has 4 heteroatoms. The molecular weight excluding hydrogens is 252 g/mol. The molecule has 20 heavy (non-hydrogen) atoms. The Morgan fingerprint density at radius 3 is 2.70 bits per heavy atom. The van der Waals surface area contributed by atoms with Crippen LogP contribution in [0, 0.1) is 6.92 Å². The van der Waals surface area contributed by atoms with Crippen molar-refractivity contribution in [2.24, 2.45) is 0 Å². The van der Waals surface area contributed by atoms with Gasteiger partial charge in [0.05, 0.1) is 17.9 Å². The lowest BCUT2D eigenvalue weighted by Crippen LogP contribution is -2.25. The molecule has 1 aliphatic heterocycles. The Labute approximate surface area is 122 Å². The monoisotopic (exact) mass is 278 g/mol. The minimum Gasteiger partial charge on any atom is -0.381 e. The highest BCUT2D eigenvalue weighted by Crippen LogP contribution is 2.25. The summed E-state index contributed by atoms with van der Waals surface area (Å²) >= 11 is 0. The normalized spacial score (nSPS) is 18.4. The van der Waals surface area contributed by atoms with Crippen LogP contribution in [-0.2, 0) is 16.0 Å². The van der Waals surface area contributed by atoms with E-state index in [4.69, 9.17) is 9.47 Å². The maximum Gasteiger partial charge on any atom is 0.0818 e. The highest BCUT2D eigenvalue weighted by atomic mass is 16.5. The Kier molecular flexibility index (Phi) is 5.52. The first-order valence-corrected chi connectivity index (χ1v) is 7.40. The summed E-state index contributed by atoms with van der Waals surface area (Å²) in [5.41, 5.74) is 3.38. The summed E-state index contributed by atoms with van der Waals surface area (Å²) in [5, 5.41) is 0. The quantitative estimate of drug-likeness (QED) is 0.829. The lowest BCUT2D eigenvalue weighted by molar-refractivity contribution is -0.0640. The van der Waals surface area contributed by atoms with Crippen LogP contribution < -0.4 is 0 Å². The second-order valence-corrected chi connectivity index (χ2v) is 5.82. The predicted octanol–water partition coefficient (Wildman–Crippen LogP) is 2.71. The molecule has 0 spiro atoms. The average Bonchev–Trinajstić information content (AvgIpc) is 2.39. The van der Waals surface area contributed by atoms with Crippen molar-refractivity contribution in [3.05, 3.63) is 29.1 Å². The van der Waals surface area contributed by atoms with Crippen LogP contribution in [0.3, 0.4) is 0 Å². The van der Waals surface area contributed by atoms with Gasteiger partial charge in [-0.2, -0.15) is 0 Å². The number of hydrogen-bond donors (Lipinski definition) is 0. The number of aryl methyl sites for hydroxylation is 1. The van der Waals surface area contributed by atoms with Gasteiger partial charge in [0.15, 0.2) is 0 Å². The third-order valence-electron chi connectivity index (χ3n) is 3.62. The first-order valence-electron chi connectivity index (χ1n) is 7.40. The van der Waals surface area contributed by atoms with Crippen LogP contribution in [0.15, 0.2) is 12.1 Å². The van der Waals surface area contributed by atoms with E-state index in [-0.39, 0.29) is 6.10 Å². The number of aromatic nitrogens is 1. The summed E-state index contributed by atoms with van der Waals surface area (Å²) in [4.78, 5) is 6.83. The van der Waals surface area contributed by atoms with Crippen molar-refractivity contribution in [3.8, 4) is 0 Å². The van der Waals surface area contributed by atoms with Crippen molar-refractivity contribution < 1.29 is 9.47 Å². The van der Waals surface area contributed by atoms with Gasteiger partial charge < -0.3 is 14.4 Å². The predicted molar refractivity (Wildman–Crippen MR) is 79.7 cm³/mol. The molecule has 2 heterocycles. The average molecular weight is 278 g/mol. The minimum atomic E-state index is 0.0844. The van der Waals surface area contributed by atoms with E-state index in [0.29, 0.717) is 6.10 Å². The zero-order valence-electron chi connectivity index (χ0n) is 13.1. The van der Waals surface area contributed by atoms with Crippen molar-refractivity contribution in [1.82, 2.24) is 9.88 Å². The lowest BCUT2D eigenvalue weighted by Gasteiger charge is -2.27. The van der Waals surface area contributed by atoms with Crippen LogP contribution in [0.2, 0.25) is 0 Å². The third-order valence-corrected chi connectivity index (χ3v) is 3.62. The molecule has 0 N–H and O–H groups in total. The molecule has 1 aliphatic rings. The number of nitrogens with zero attached hydrogens (tertiary/aromatic N) is 2. The Hall–Kier alpha value is -0.970. The van der Waals surface area contributed by atoms with E-state index >= 15 is 0 Å². The molecule has 0 aliphatic carbocycles. The fourth-order valence-electron chi connectivity index (χ4n) is 2.59. The summed E-state index contributed by atoms with van der Waals surface area (Å²) in [6.45, 7) is 6.63. The molecule has 1 fully saturated rings. The molecule has 1 aromatic rings. The SMILES string of the molecule is Cc1ccc([C@H](C)OC2CCOCC2)c(CN(C)C)n1. The summed E-state index contributed by atoms with van der Waals surface area (Å²) in [7, 11) is 4.13. The molecule has 1 atom stereocenters. The van der Waals surface area contributed by atoms with Gasteiger partial charge in [-0.15, -0.1) is 0 Å². The molecule has 0 aromatic carbocycles. The molecule has 0 bridgehead atoms. The zero-order valence-corrected chi connectivity index (χ0v) is 13.1. The molecule has 2 rings (SSSR count). The molecule has 0 unspecified atom stereocenters. The van der Waals surface area contributed by atoms with Crippen LogP contribution >= 0.6 is 0 Å². The van der Waals surface area contributed by atoms with Gasteiger partial charge in [-0.05, 0) is 46.9 Å². The van der Waals surface area contributed by atoms with Crippen LogP contribution in [0.1, 0.15) is 42.8 Å². The van der Waals surface area contributed by atoms with Gasteiger partial charge in [0.25, 0.3) is 0 Å². The van der Waals surface area contributed by atoms with Crippen molar-refractivity contribution >= 4 is 0 Å². The van der Waals surface area contributed by atoms with Crippen LogP contribution in [-0.4, -0.2) is 43.3 Å². The maximum atomic E-state index is 6.20. The van der Waals surface area contributed by atoms with Gasteiger partial charge in [-0.25, -0.2) is 0 Å². The minimum absolute atomic E-state index is 0.0844. The molecule has 1 saturated heterocycles. The molecule has 0 radical (unpaired) electrons. The van der Waals surface area contributed by atoms with Crippen molar-refractivity contribution in [3.63, 3.8) is 0 Å². The Bertz CT molecular complexity index is 428. The summed E-state index contributed by atoms with van der Waals surface area (Å²) in [6.07, 6.45) is 2.38. The number of rotatable bonds is 5. The standard InChI is InChI=1S/C16H26N2O2/c1-12-5-6-15(16(17-12)11-18(3)4)13(2)20-14-7-9-19-10-8-14/h5-6,13-14H,7-11H2,1-4H3/t13-/m0/s1. The molecular formula is C16H26N2O2. The van der Waals surface area contributed by atoms with Gasteiger partial charge in [-0.3, -0.25) is 4.98 Å². The van der Waals surface area contributed by atoms with Gasteiger partial charge >= 0.3 is 0 Å². The van der Waals surface area contributed by atoms with E-state index in [9.17, 15) is 0 Å². The third kappa shape index (κ3) is 4.27. The smallest absolute Gasteiger partial charge is 0.0818 e. The molecule has 1 aromatic heterocycles. The summed E-state index contributed by atoms with van der Waals surface area (Å²) in [5.74, 6) is 0. The first kappa shape index (κ1) is 15.4. The molecule has 0 amide bonds. The van der Waals surface area contributed by atoms with Gasteiger partial charge in [0, 0.05) is 31.0 Å². The Balaban J connectivity index is 2.09. The van der Waals surface area contributed by atoms with E-state index in [1.54, 1.807) is 0 Å². The van der Waals surface area contributed by atoms with Crippen molar-refractivity contribution in [2.75, 3.05) is 27.3 Å². The van der Waals surface area contributed by atoms with Crippen molar-refractivity contribution in [2.45, 2.75) is 45.4 Å². The summed E-state index contributed by atoms with van der Waals surface area (Å²) in [6, 6.07) is 4.23. The fourth-order valence-corrected chi connectivity index (χ4v) is 2.59. The van der Waals surface area contributed by atoms with Crippen LogP contribution in [0.5, 0.6) is 0 Å². The largest absolute Gasteiger partial charge is 0.381 e. The molecule has 112 valence electrons. The first-order chi connectivity index (χ1) is 9.56. The second kappa shape index (κ2) is 7.16. The molecule has 4 nitrogen and oxygen atoms in total. The van der Waals surface area contributed by atoms with E-state index in [2.05, 4.69) is 43.0 Å². The van der Waals surface area contributed by atoms with Crippen LogP contribution in [0.25, 0.3) is 0 Å². The van der Waals surface area contributed by atoms with E-state index in [0.717, 1.165) is 44.0 Å². The Morgan fingerprint density at radius 1 is 1.35 bits per heavy atom. The number of hydrogen-bond acceptors (Lipinski definition) is 4. The zero-order chi connectivity index (χ0) is 14.5. The highest BCUT2D eigenvalue weighted by molar-refractivity contribution is 5.25. The fraction of sp³-hybridized carbons (Fsp3) is 0.688. The highest BCUT2D eigenvalue weighted by Gasteiger charge is 2.20. The summed E-state index contributed by atoms with van der Waals surface area (Å²) < 4.78 is 11.6. The van der Waals surface area contributed by atoms with E-state index in [1.807, 2.05) is 6.92 Å².